The largest absolute Gasteiger partial charge is 0.494 e. The van der Waals surface area contributed by atoms with Crippen LogP contribution in [0.1, 0.15) is 208 Å². The van der Waals surface area contributed by atoms with Crippen LogP contribution < -0.4 is 10.4 Å². The zero-order chi connectivity index (χ0) is 54.4. The summed E-state index contributed by atoms with van der Waals surface area (Å²) in [6.45, 7) is 36.4. The van der Waals surface area contributed by atoms with E-state index in [2.05, 4.69) is 231 Å². The summed E-state index contributed by atoms with van der Waals surface area (Å²) in [6.07, 6.45) is 15.9. The smallest absolute Gasteiger partial charge is 0.399 e. The molecule has 2 unspecified atom stereocenters. The highest BCUT2D eigenvalue weighted by molar-refractivity contribution is 6.62. The highest BCUT2D eigenvalue weighted by Gasteiger charge is 2.56. The maximum Gasteiger partial charge on any atom is 0.494 e. The Morgan fingerprint density at radius 2 is 1.07 bits per heavy atom. The lowest BCUT2D eigenvalue weighted by Crippen LogP contribution is -2.41. The van der Waals surface area contributed by atoms with E-state index < -0.39 is 42.1 Å². The first kappa shape index (κ1) is 54.7. The van der Waals surface area contributed by atoms with Gasteiger partial charge in [0.1, 0.15) is 0 Å². The van der Waals surface area contributed by atoms with Crippen LogP contribution in [0.3, 0.4) is 0 Å². The maximum atomic E-state index is 6.78. The first-order chi connectivity index (χ1) is 35.9. The van der Waals surface area contributed by atoms with Crippen LogP contribution in [0.5, 0.6) is 0 Å². The predicted molar refractivity (Wildman–Crippen MR) is 321 cm³/mol. The van der Waals surface area contributed by atoms with Crippen molar-refractivity contribution in [1.29, 1.82) is 0 Å². The van der Waals surface area contributed by atoms with Crippen LogP contribution in [0, 0.1) is 11.8 Å². The molecule has 0 radical (unpaired) electrons. The minimum atomic E-state index is -0.553. The lowest BCUT2D eigenvalue weighted by Gasteiger charge is -2.36. The molecule has 1 spiro atoms. The SMILES string of the molecule is CCC(C)(CCCC(C)C)c1ccc2c(c1)C1(c3cc(C(C)(CC)CCCC(C)C)ccc3-2)c2ccccc2-c2c(N(C3=CC(B4OC(C)(C)C(C)(C)O4)=CCC3)c3cccc(B4OC(C)(C)C(C)(C)O4)c3)cccc21. The molecule has 0 saturated carbocycles. The van der Waals surface area contributed by atoms with Crippen molar-refractivity contribution < 1.29 is 18.6 Å². The summed E-state index contributed by atoms with van der Waals surface area (Å²) in [7, 11) is -0.983. The highest BCUT2D eigenvalue weighted by atomic mass is 16.7. The number of hydrogen-bond donors (Lipinski definition) is 0. The van der Waals surface area contributed by atoms with Crippen LogP contribution in [0.15, 0.2) is 126 Å². The fourth-order valence-electron chi connectivity index (χ4n) is 13.3. The average molecular weight is 1020 g/mol. The van der Waals surface area contributed by atoms with Gasteiger partial charge in [0, 0.05) is 16.9 Å². The van der Waals surface area contributed by atoms with Crippen molar-refractivity contribution in [1.82, 2.24) is 0 Å². The van der Waals surface area contributed by atoms with E-state index in [9.17, 15) is 0 Å². The van der Waals surface area contributed by atoms with Gasteiger partial charge in [0.2, 0.25) is 0 Å². The zero-order valence-electron chi connectivity index (χ0n) is 49.4. The first-order valence-electron chi connectivity index (χ1n) is 29.5. The van der Waals surface area contributed by atoms with E-state index in [-0.39, 0.29) is 10.8 Å². The van der Waals surface area contributed by atoms with E-state index in [1.165, 1.54) is 99.9 Å². The Labute approximate surface area is 459 Å². The molecule has 5 aromatic carbocycles. The molecule has 2 saturated heterocycles. The third-order valence-corrected chi connectivity index (χ3v) is 20.0. The standard InChI is InChI=1S/C69H89B2NO4/c1-17-67(15,40-24-26-46(3)4)48-36-38-54-55-39-37-49(68(16,18-2)41-25-27-47(5)6)43-60(55)69(59(54)42-48)57-33-20-19-32-56(57)62-58(69)34-23-35-61(62)72(52-30-21-28-50(44-52)70-73-63(7,8)64(9,10)74-70)53-31-22-29-51(45-53)71-75-65(11,12)66(13,14)76-71/h19-21,23,28-30,32-39,42-47H,17-18,22,24-27,31,40-41H2,1-16H3. The molecule has 2 atom stereocenters. The van der Waals surface area contributed by atoms with E-state index in [1.54, 1.807) is 0 Å². The molecule has 0 N–H and O–H groups in total. The molecular formula is C69H89B2NO4. The van der Waals surface area contributed by atoms with Crippen LogP contribution >= 0.6 is 0 Å². The monoisotopic (exact) mass is 1020 g/mol. The number of benzene rings is 5. The van der Waals surface area contributed by atoms with E-state index in [4.69, 9.17) is 18.6 Å². The van der Waals surface area contributed by atoms with Gasteiger partial charge in [0.05, 0.1) is 33.5 Å². The van der Waals surface area contributed by atoms with Crippen LogP contribution in [0.2, 0.25) is 0 Å². The molecule has 2 fully saturated rings. The molecule has 3 aliphatic carbocycles. The van der Waals surface area contributed by atoms with E-state index in [1.807, 2.05) is 0 Å². The Morgan fingerprint density at radius 1 is 0.553 bits per heavy atom. The van der Waals surface area contributed by atoms with Crippen molar-refractivity contribution in [3.8, 4) is 22.3 Å². The molecule has 0 bridgehead atoms. The Balaban J connectivity index is 1.22. The van der Waals surface area contributed by atoms with Gasteiger partial charge in [-0.1, -0.05) is 172 Å². The molecule has 5 nitrogen and oxygen atoms in total. The summed E-state index contributed by atoms with van der Waals surface area (Å²) in [5, 5.41) is 0. The van der Waals surface area contributed by atoms with Gasteiger partial charge >= 0.3 is 14.2 Å². The molecule has 5 aliphatic rings. The van der Waals surface area contributed by atoms with Gasteiger partial charge in [-0.2, -0.15) is 0 Å². The molecule has 400 valence electrons. The normalized spacial score (nSPS) is 22.0. The van der Waals surface area contributed by atoms with Gasteiger partial charge in [-0.15, -0.1) is 0 Å². The lowest BCUT2D eigenvalue weighted by atomic mass is 9.67. The number of allylic oxidation sites excluding steroid dienone is 4. The quantitative estimate of drug-likeness (QED) is 0.0850. The van der Waals surface area contributed by atoms with E-state index >= 15 is 0 Å². The first-order valence-corrected chi connectivity index (χ1v) is 29.5. The van der Waals surface area contributed by atoms with Crippen LogP contribution in [0.25, 0.3) is 22.3 Å². The average Bonchev–Trinajstić information content (AvgIpc) is 4.22. The molecule has 2 heterocycles. The fourth-order valence-corrected chi connectivity index (χ4v) is 13.3. The Morgan fingerprint density at radius 3 is 1.61 bits per heavy atom. The van der Waals surface area contributed by atoms with Gasteiger partial charge in [0.25, 0.3) is 0 Å². The molecule has 0 amide bonds. The van der Waals surface area contributed by atoms with Gasteiger partial charge in [-0.3, -0.25) is 0 Å². The summed E-state index contributed by atoms with van der Waals surface area (Å²) in [4.78, 5) is 2.55. The second-order valence-electron chi connectivity index (χ2n) is 26.9. The maximum absolute atomic E-state index is 6.78. The number of nitrogens with zero attached hydrogens (tertiary/aromatic N) is 1. The third-order valence-electron chi connectivity index (χ3n) is 20.0. The molecule has 7 heteroatoms. The van der Waals surface area contributed by atoms with Crippen molar-refractivity contribution >= 4 is 31.1 Å². The fraction of sp³-hybridized carbons (Fsp3) is 0.507. The summed E-state index contributed by atoms with van der Waals surface area (Å²) in [5.41, 5.74) is 16.9. The molecule has 5 aromatic rings. The van der Waals surface area contributed by atoms with Crippen LogP contribution in [0.4, 0.5) is 11.4 Å². The summed E-state index contributed by atoms with van der Waals surface area (Å²) in [5.74, 6) is 1.38. The van der Waals surface area contributed by atoms with Crippen molar-refractivity contribution in [2.45, 2.75) is 214 Å². The molecule has 10 rings (SSSR count). The second-order valence-corrected chi connectivity index (χ2v) is 26.9. The van der Waals surface area contributed by atoms with Gasteiger partial charge in [0.15, 0.2) is 0 Å². The Bertz CT molecular complexity index is 2960. The summed E-state index contributed by atoms with van der Waals surface area (Å²) >= 11 is 0. The minimum absolute atomic E-state index is 0.0416. The van der Waals surface area contributed by atoms with E-state index in [0.717, 1.165) is 48.0 Å². The molecule has 2 aliphatic heterocycles. The van der Waals surface area contributed by atoms with Crippen LogP contribution in [-0.4, -0.2) is 36.6 Å². The lowest BCUT2D eigenvalue weighted by molar-refractivity contribution is 0.00578. The number of rotatable bonds is 17. The number of anilines is 2. The number of fused-ring (bicyclic) bond motifs is 10. The molecule has 0 aromatic heterocycles. The van der Waals surface area contributed by atoms with Gasteiger partial charge in [-0.05, 0) is 202 Å². The second kappa shape index (κ2) is 19.9. The Hall–Kier alpha value is -4.65. The highest BCUT2D eigenvalue weighted by Crippen LogP contribution is 2.65. The summed E-state index contributed by atoms with van der Waals surface area (Å²) < 4.78 is 27.1. The van der Waals surface area contributed by atoms with Crippen LogP contribution in [-0.2, 0) is 34.9 Å². The van der Waals surface area contributed by atoms with Gasteiger partial charge < -0.3 is 23.5 Å². The third kappa shape index (κ3) is 9.13. The van der Waals surface area contributed by atoms with Crippen molar-refractivity contribution in [2.24, 2.45) is 11.8 Å². The van der Waals surface area contributed by atoms with Crippen molar-refractivity contribution in [3.05, 3.63) is 160 Å². The van der Waals surface area contributed by atoms with Crippen molar-refractivity contribution in [2.75, 3.05) is 4.90 Å². The molecule has 76 heavy (non-hydrogen) atoms. The number of hydrogen-bond acceptors (Lipinski definition) is 5. The zero-order valence-corrected chi connectivity index (χ0v) is 49.4. The minimum Gasteiger partial charge on any atom is -0.399 e. The van der Waals surface area contributed by atoms with E-state index in [0.29, 0.717) is 11.8 Å². The summed E-state index contributed by atoms with van der Waals surface area (Å²) in [6, 6.07) is 40.9. The topological polar surface area (TPSA) is 40.2 Å². The van der Waals surface area contributed by atoms with Gasteiger partial charge in [-0.25, -0.2) is 0 Å². The molecular weight excluding hydrogens is 928 g/mol. The van der Waals surface area contributed by atoms with Crippen molar-refractivity contribution in [3.63, 3.8) is 0 Å². The Kier molecular flexibility index (Phi) is 14.3. The predicted octanol–water partition coefficient (Wildman–Crippen LogP) is 17.7.